The number of carbonyl (C=O) groups excluding carboxylic acids is 1. The zero-order valence-electron chi connectivity index (χ0n) is 16.4. The van der Waals surface area contributed by atoms with Gasteiger partial charge in [-0.15, -0.1) is 0 Å². The number of rotatable bonds is 4. The lowest BCUT2D eigenvalue weighted by atomic mass is 9.82. The Morgan fingerprint density at radius 1 is 0.929 bits per heavy atom. The second-order valence-electron chi connectivity index (χ2n) is 7.94. The largest absolute Gasteiger partial charge is 0.335 e. The summed E-state index contributed by atoms with van der Waals surface area (Å²) in [7, 11) is 2.08. The summed E-state index contributed by atoms with van der Waals surface area (Å²) in [5.41, 5.74) is 1.83. The van der Waals surface area contributed by atoms with E-state index in [0.717, 1.165) is 56.7 Å². The molecular weight excluding hydrogens is 355 g/mol. The Labute approximate surface area is 165 Å². The molecule has 2 saturated heterocycles. The highest BCUT2D eigenvalue weighted by Crippen LogP contribution is 2.33. The smallest absolute Gasteiger partial charge is 0.243 e. The molecule has 6 heteroatoms. The lowest BCUT2D eigenvalue weighted by molar-refractivity contribution is -0.155. The molecule has 4 rings (SSSR count). The molecule has 1 aromatic carbocycles. The maximum absolute atomic E-state index is 13.4. The number of benzene rings is 1. The van der Waals surface area contributed by atoms with Gasteiger partial charge in [0.25, 0.3) is 0 Å². The zero-order chi connectivity index (χ0) is 19.6. The molecule has 2 aliphatic heterocycles. The van der Waals surface area contributed by atoms with Crippen LogP contribution in [0.3, 0.4) is 0 Å². The van der Waals surface area contributed by atoms with E-state index >= 15 is 0 Å². The van der Waals surface area contributed by atoms with Crippen molar-refractivity contribution in [2.45, 2.75) is 31.5 Å². The minimum atomic E-state index is -0.398. The van der Waals surface area contributed by atoms with Crippen LogP contribution in [0.15, 0.2) is 48.8 Å². The third-order valence-corrected chi connectivity index (χ3v) is 6.25. The number of carbonyl (C=O) groups is 1. The van der Waals surface area contributed by atoms with Gasteiger partial charge in [-0.1, -0.05) is 12.1 Å². The Bertz CT molecular complexity index is 803. The van der Waals surface area contributed by atoms with Gasteiger partial charge in [-0.3, -0.25) is 19.6 Å². The summed E-state index contributed by atoms with van der Waals surface area (Å²) in [5.74, 6) is 0.0459. The highest BCUT2D eigenvalue weighted by Gasteiger charge is 2.49. The first kappa shape index (κ1) is 19.0. The van der Waals surface area contributed by atoms with Crippen molar-refractivity contribution in [3.8, 4) is 0 Å². The highest BCUT2D eigenvalue weighted by molar-refractivity contribution is 5.87. The third-order valence-electron chi connectivity index (χ3n) is 6.25. The fourth-order valence-electron chi connectivity index (χ4n) is 4.43. The zero-order valence-corrected chi connectivity index (χ0v) is 16.4. The molecule has 148 valence electrons. The van der Waals surface area contributed by atoms with Crippen LogP contribution in [0.4, 0.5) is 4.39 Å². The van der Waals surface area contributed by atoms with E-state index in [0.29, 0.717) is 6.54 Å². The molecule has 5 nitrogen and oxygen atoms in total. The molecule has 0 N–H and O–H groups in total. The van der Waals surface area contributed by atoms with Crippen LogP contribution >= 0.6 is 0 Å². The second kappa shape index (κ2) is 7.97. The van der Waals surface area contributed by atoms with Crippen LogP contribution < -0.4 is 0 Å². The highest BCUT2D eigenvalue weighted by atomic mass is 19.1. The van der Waals surface area contributed by atoms with Crippen molar-refractivity contribution in [3.05, 3.63) is 65.7 Å². The average molecular weight is 382 g/mol. The number of likely N-dealkylation sites (tertiary alicyclic amines) is 1. The number of aromatic nitrogens is 1. The first-order valence-electron chi connectivity index (χ1n) is 9.93. The number of hydrogen-bond acceptors (Lipinski definition) is 4. The van der Waals surface area contributed by atoms with Gasteiger partial charge < -0.3 is 4.90 Å². The molecule has 0 saturated carbocycles. The number of nitrogens with zero attached hydrogens (tertiary/aromatic N) is 4. The Morgan fingerprint density at radius 2 is 1.57 bits per heavy atom. The first-order valence-corrected chi connectivity index (χ1v) is 9.93. The predicted molar refractivity (Wildman–Crippen MR) is 106 cm³/mol. The standard InChI is InChI=1S/C22H27FN4O/c1-25-14-15-27(17-19-6-10-24-11-7-19)21(28)22(25)8-12-26(13-9-22)16-18-2-4-20(23)5-3-18/h2-7,10-11H,8-9,12-17H2,1H3. The average Bonchev–Trinajstić information content (AvgIpc) is 2.72. The number of pyridine rings is 1. The lowest BCUT2D eigenvalue weighted by Crippen LogP contribution is -2.67. The monoisotopic (exact) mass is 382 g/mol. The number of piperidine rings is 1. The SMILES string of the molecule is CN1CCN(Cc2ccncc2)C(=O)C12CCN(Cc1ccc(F)cc1)CC2. The van der Waals surface area contributed by atoms with Crippen LogP contribution in [0, 0.1) is 5.82 Å². The number of amides is 1. The number of hydrogen-bond donors (Lipinski definition) is 0. The van der Waals surface area contributed by atoms with Crippen molar-refractivity contribution in [1.82, 2.24) is 19.7 Å². The Hall–Kier alpha value is -2.31. The Kier molecular flexibility index (Phi) is 5.42. The van der Waals surface area contributed by atoms with E-state index < -0.39 is 5.54 Å². The quantitative estimate of drug-likeness (QED) is 0.815. The predicted octanol–water partition coefficient (Wildman–Crippen LogP) is 2.53. The summed E-state index contributed by atoms with van der Waals surface area (Å²) in [4.78, 5) is 24.1. The lowest BCUT2D eigenvalue weighted by Gasteiger charge is -2.51. The van der Waals surface area contributed by atoms with E-state index in [2.05, 4.69) is 21.8 Å². The normalized spacial score (nSPS) is 20.6. The van der Waals surface area contributed by atoms with E-state index in [1.165, 1.54) is 12.1 Å². The fraction of sp³-hybridized carbons (Fsp3) is 0.455. The third kappa shape index (κ3) is 3.80. The van der Waals surface area contributed by atoms with Gasteiger partial charge in [0.2, 0.25) is 5.91 Å². The van der Waals surface area contributed by atoms with Crippen LogP contribution in [0.1, 0.15) is 24.0 Å². The van der Waals surface area contributed by atoms with Crippen molar-refractivity contribution in [1.29, 1.82) is 0 Å². The molecule has 3 heterocycles. The molecule has 1 spiro atoms. The summed E-state index contributed by atoms with van der Waals surface area (Å²) >= 11 is 0. The maximum Gasteiger partial charge on any atom is 0.243 e. The van der Waals surface area contributed by atoms with Crippen LogP contribution in [-0.2, 0) is 17.9 Å². The molecule has 28 heavy (non-hydrogen) atoms. The molecule has 0 aliphatic carbocycles. The molecule has 0 radical (unpaired) electrons. The number of piperazine rings is 1. The van der Waals surface area contributed by atoms with Crippen molar-refractivity contribution < 1.29 is 9.18 Å². The van der Waals surface area contributed by atoms with Crippen molar-refractivity contribution in [3.63, 3.8) is 0 Å². The molecule has 1 amide bonds. The van der Waals surface area contributed by atoms with E-state index in [-0.39, 0.29) is 11.7 Å². The minimum absolute atomic E-state index is 0.204. The number of halogens is 1. The molecular formula is C22H27FN4O. The number of likely N-dealkylation sites (N-methyl/N-ethyl adjacent to an activating group) is 1. The maximum atomic E-state index is 13.4. The van der Waals surface area contributed by atoms with Crippen LogP contribution in [0.5, 0.6) is 0 Å². The van der Waals surface area contributed by atoms with Gasteiger partial charge in [0.05, 0.1) is 0 Å². The molecule has 1 aromatic heterocycles. The second-order valence-corrected chi connectivity index (χ2v) is 7.94. The van der Waals surface area contributed by atoms with Crippen molar-refractivity contribution >= 4 is 5.91 Å². The topological polar surface area (TPSA) is 39.7 Å². The first-order chi connectivity index (χ1) is 13.6. The summed E-state index contributed by atoms with van der Waals surface area (Å²) in [6.45, 7) is 4.85. The Morgan fingerprint density at radius 3 is 2.25 bits per heavy atom. The van der Waals surface area contributed by atoms with E-state index in [1.807, 2.05) is 29.2 Å². The molecule has 2 aromatic rings. The molecule has 0 bridgehead atoms. The summed E-state index contributed by atoms with van der Waals surface area (Å²) in [5, 5.41) is 0. The van der Waals surface area contributed by atoms with Gasteiger partial charge in [-0.2, -0.15) is 0 Å². The summed E-state index contributed by atoms with van der Waals surface area (Å²) in [6.07, 6.45) is 5.21. The van der Waals surface area contributed by atoms with E-state index in [9.17, 15) is 9.18 Å². The molecule has 0 unspecified atom stereocenters. The molecule has 2 fully saturated rings. The van der Waals surface area contributed by atoms with Crippen LogP contribution in [0.2, 0.25) is 0 Å². The van der Waals surface area contributed by atoms with Crippen LogP contribution in [0.25, 0.3) is 0 Å². The fourth-order valence-corrected chi connectivity index (χ4v) is 4.43. The van der Waals surface area contributed by atoms with Gasteiger partial charge in [-0.05, 0) is 55.3 Å². The van der Waals surface area contributed by atoms with Gasteiger partial charge in [0.15, 0.2) is 0 Å². The summed E-state index contributed by atoms with van der Waals surface area (Å²) < 4.78 is 13.1. The van der Waals surface area contributed by atoms with E-state index in [4.69, 9.17) is 0 Å². The van der Waals surface area contributed by atoms with Gasteiger partial charge >= 0.3 is 0 Å². The van der Waals surface area contributed by atoms with Crippen molar-refractivity contribution in [2.75, 3.05) is 33.2 Å². The van der Waals surface area contributed by atoms with Gasteiger partial charge in [0, 0.05) is 51.7 Å². The van der Waals surface area contributed by atoms with Crippen molar-refractivity contribution in [2.24, 2.45) is 0 Å². The molecule has 0 atom stereocenters. The van der Waals surface area contributed by atoms with Crippen LogP contribution in [-0.4, -0.2) is 64.4 Å². The van der Waals surface area contributed by atoms with Gasteiger partial charge in [-0.25, -0.2) is 4.39 Å². The van der Waals surface area contributed by atoms with Gasteiger partial charge in [0.1, 0.15) is 11.4 Å². The minimum Gasteiger partial charge on any atom is -0.335 e. The summed E-state index contributed by atoms with van der Waals surface area (Å²) in [6, 6.07) is 10.7. The Balaban J connectivity index is 1.41. The molecule has 2 aliphatic rings. The van der Waals surface area contributed by atoms with E-state index in [1.54, 1.807) is 12.4 Å².